The summed E-state index contributed by atoms with van der Waals surface area (Å²) in [4.78, 5) is 17.0. The molecule has 0 spiro atoms. The fourth-order valence-corrected chi connectivity index (χ4v) is 2.97. The van der Waals surface area contributed by atoms with Crippen LogP contribution in [0.4, 0.5) is 0 Å². The second-order valence-corrected chi connectivity index (χ2v) is 5.98. The molecule has 2 aromatic heterocycles. The van der Waals surface area contributed by atoms with E-state index in [0.717, 1.165) is 9.35 Å². The Morgan fingerprint density at radius 2 is 2.24 bits per heavy atom. The maximum atomic E-state index is 11.8. The van der Waals surface area contributed by atoms with Crippen molar-refractivity contribution in [3.63, 3.8) is 0 Å². The van der Waals surface area contributed by atoms with E-state index < -0.39 is 0 Å². The van der Waals surface area contributed by atoms with Crippen molar-refractivity contribution in [2.45, 2.75) is 6.54 Å². The van der Waals surface area contributed by atoms with E-state index in [2.05, 4.69) is 42.2 Å². The van der Waals surface area contributed by atoms with E-state index in [9.17, 15) is 4.79 Å². The first-order valence-electron chi connectivity index (χ1n) is 4.79. The first kappa shape index (κ1) is 12.7. The largest absolute Gasteiger partial charge is 0.346 e. The number of amides is 1. The third-order valence-electron chi connectivity index (χ3n) is 1.99. The van der Waals surface area contributed by atoms with Gasteiger partial charge < -0.3 is 5.32 Å². The molecule has 0 atom stereocenters. The minimum absolute atomic E-state index is 0.171. The van der Waals surface area contributed by atoms with Crippen LogP contribution in [0.2, 0.25) is 0 Å². The number of carbonyl (C=O) groups excluding carboxylic acids is 1. The summed E-state index contributed by atoms with van der Waals surface area (Å²) in [5.74, 6) is -0.171. The number of hydrogen-bond donors (Lipinski definition) is 1. The van der Waals surface area contributed by atoms with Crippen LogP contribution in [0.5, 0.6) is 0 Å². The molecule has 88 valence electrons. The molecule has 2 rings (SSSR count). The maximum Gasteiger partial charge on any atom is 0.270 e. The Balaban J connectivity index is 1.98. The standard InChI is InChI=1S/C11H8Br2N2OS/c12-7-4-8(17-6-7)5-14-11(16)9-2-1-3-10(13)15-9/h1-4,6H,5H2,(H,14,16). The molecule has 3 nitrogen and oxygen atoms in total. The molecule has 0 aliphatic heterocycles. The Kier molecular flexibility index (Phi) is 4.31. The molecule has 0 aliphatic rings. The molecule has 0 aromatic carbocycles. The van der Waals surface area contributed by atoms with Crippen molar-refractivity contribution in [1.82, 2.24) is 10.3 Å². The van der Waals surface area contributed by atoms with Crippen LogP contribution >= 0.6 is 43.2 Å². The molecule has 0 radical (unpaired) electrons. The first-order valence-corrected chi connectivity index (χ1v) is 7.25. The molecule has 2 heterocycles. The summed E-state index contributed by atoms with van der Waals surface area (Å²) in [5, 5.41) is 4.81. The Hall–Kier alpha value is -0.720. The topological polar surface area (TPSA) is 42.0 Å². The number of thiophene rings is 1. The Morgan fingerprint density at radius 1 is 1.41 bits per heavy atom. The highest BCUT2D eigenvalue weighted by Crippen LogP contribution is 2.19. The Labute approximate surface area is 120 Å². The summed E-state index contributed by atoms with van der Waals surface area (Å²) >= 11 is 8.21. The molecule has 6 heteroatoms. The summed E-state index contributed by atoms with van der Waals surface area (Å²) in [6, 6.07) is 7.24. The number of nitrogens with zero attached hydrogens (tertiary/aromatic N) is 1. The van der Waals surface area contributed by atoms with E-state index in [1.807, 2.05) is 11.4 Å². The van der Waals surface area contributed by atoms with Gasteiger partial charge in [0.1, 0.15) is 10.3 Å². The summed E-state index contributed by atoms with van der Waals surface area (Å²) in [6.07, 6.45) is 0. The third kappa shape index (κ3) is 3.62. The van der Waals surface area contributed by atoms with Crippen LogP contribution in [0.3, 0.4) is 0 Å². The van der Waals surface area contributed by atoms with Gasteiger partial charge in [0.15, 0.2) is 0 Å². The highest BCUT2D eigenvalue weighted by Gasteiger charge is 2.07. The van der Waals surface area contributed by atoms with Crippen molar-refractivity contribution in [2.75, 3.05) is 0 Å². The van der Waals surface area contributed by atoms with Crippen LogP contribution < -0.4 is 5.32 Å². The minimum atomic E-state index is -0.171. The zero-order valence-electron chi connectivity index (χ0n) is 8.61. The normalized spacial score (nSPS) is 10.2. The van der Waals surface area contributed by atoms with Gasteiger partial charge in [-0.05, 0) is 50.1 Å². The van der Waals surface area contributed by atoms with E-state index in [4.69, 9.17) is 0 Å². The van der Waals surface area contributed by atoms with Crippen molar-refractivity contribution >= 4 is 49.1 Å². The number of carbonyl (C=O) groups is 1. The minimum Gasteiger partial charge on any atom is -0.346 e. The second-order valence-electron chi connectivity index (χ2n) is 3.26. The lowest BCUT2D eigenvalue weighted by atomic mass is 10.3. The van der Waals surface area contributed by atoms with Crippen molar-refractivity contribution in [3.8, 4) is 0 Å². The monoisotopic (exact) mass is 374 g/mol. The number of halogens is 2. The number of pyridine rings is 1. The summed E-state index contributed by atoms with van der Waals surface area (Å²) in [5.41, 5.74) is 0.412. The van der Waals surface area contributed by atoms with E-state index in [-0.39, 0.29) is 5.91 Å². The van der Waals surface area contributed by atoms with Gasteiger partial charge in [-0.25, -0.2) is 4.98 Å². The van der Waals surface area contributed by atoms with Gasteiger partial charge in [0.2, 0.25) is 0 Å². The van der Waals surface area contributed by atoms with Crippen LogP contribution in [0, 0.1) is 0 Å². The van der Waals surface area contributed by atoms with Crippen molar-refractivity contribution < 1.29 is 4.79 Å². The molecule has 0 saturated heterocycles. The van der Waals surface area contributed by atoms with Gasteiger partial charge in [-0.2, -0.15) is 0 Å². The lowest BCUT2D eigenvalue weighted by molar-refractivity contribution is 0.0946. The summed E-state index contributed by atoms with van der Waals surface area (Å²) in [6.45, 7) is 0.517. The molecule has 0 bridgehead atoms. The number of rotatable bonds is 3. The number of nitrogens with one attached hydrogen (secondary N) is 1. The first-order chi connectivity index (χ1) is 8.15. The van der Waals surface area contributed by atoms with Crippen LogP contribution in [0.25, 0.3) is 0 Å². The fraction of sp³-hybridized carbons (Fsp3) is 0.0909. The second kappa shape index (κ2) is 5.75. The molecule has 2 aromatic rings. The smallest absolute Gasteiger partial charge is 0.270 e. The van der Waals surface area contributed by atoms with Gasteiger partial charge in [-0.1, -0.05) is 6.07 Å². The van der Waals surface area contributed by atoms with Crippen molar-refractivity contribution in [2.24, 2.45) is 0 Å². The molecular formula is C11H8Br2N2OS. The van der Waals surface area contributed by atoms with E-state index in [0.29, 0.717) is 16.8 Å². The van der Waals surface area contributed by atoms with E-state index in [1.165, 1.54) is 0 Å². The van der Waals surface area contributed by atoms with Crippen LogP contribution in [-0.4, -0.2) is 10.9 Å². The maximum absolute atomic E-state index is 11.8. The lowest BCUT2D eigenvalue weighted by Crippen LogP contribution is -2.23. The quantitative estimate of drug-likeness (QED) is 0.832. The molecule has 0 aliphatic carbocycles. The van der Waals surface area contributed by atoms with Crippen LogP contribution in [0.15, 0.2) is 38.7 Å². The summed E-state index contributed by atoms with van der Waals surface area (Å²) < 4.78 is 1.69. The predicted octanol–water partition coefficient (Wildman–Crippen LogP) is 3.60. The van der Waals surface area contributed by atoms with Gasteiger partial charge in [-0.3, -0.25) is 4.79 Å². The van der Waals surface area contributed by atoms with Crippen LogP contribution in [0.1, 0.15) is 15.4 Å². The predicted molar refractivity (Wildman–Crippen MR) is 75.1 cm³/mol. The molecule has 0 unspecified atom stereocenters. The molecule has 17 heavy (non-hydrogen) atoms. The Morgan fingerprint density at radius 3 is 2.88 bits per heavy atom. The average Bonchev–Trinajstić information content (AvgIpc) is 2.72. The average molecular weight is 376 g/mol. The van der Waals surface area contributed by atoms with Gasteiger partial charge in [0, 0.05) is 14.7 Å². The van der Waals surface area contributed by atoms with Gasteiger partial charge in [0.25, 0.3) is 5.91 Å². The van der Waals surface area contributed by atoms with Gasteiger partial charge >= 0.3 is 0 Å². The molecular weight excluding hydrogens is 368 g/mol. The SMILES string of the molecule is O=C(NCc1cc(Br)cs1)c1cccc(Br)n1. The van der Waals surface area contributed by atoms with Gasteiger partial charge in [-0.15, -0.1) is 11.3 Å². The highest BCUT2D eigenvalue weighted by molar-refractivity contribution is 9.10. The zero-order valence-corrected chi connectivity index (χ0v) is 12.6. The summed E-state index contributed by atoms with van der Waals surface area (Å²) in [7, 11) is 0. The van der Waals surface area contributed by atoms with Crippen molar-refractivity contribution in [1.29, 1.82) is 0 Å². The lowest BCUT2D eigenvalue weighted by Gasteiger charge is -2.02. The molecule has 1 amide bonds. The third-order valence-corrected chi connectivity index (χ3v) is 4.13. The number of aromatic nitrogens is 1. The zero-order chi connectivity index (χ0) is 12.3. The van der Waals surface area contributed by atoms with Crippen molar-refractivity contribution in [3.05, 3.63) is 49.3 Å². The molecule has 0 saturated carbocycles. The molecule has 0 fully saturated rings. The van der Waals surface area contributed by atoms with E-state index >= 15 is 0 Å². The van der Waals surface area contributed by atoms with Gasteiger partial charge in [0.05, 0.1) is 6.54 Å². The molecule has 1 N–H and O–H groups in total. The number of hydrogen-bond acceptors (Lipinski definition) is 3. The van der Waals surface area contributed by atoms with Crippen LogP contribution in [-0.2, 0) is 6.54 Å². The highest BCUT2D eigenvalue weighted by atomic mass is 79.9. The fourth-order valence-electron chi connectivity index (χ4n) is 1.24. The Bertz CT molecular complexity index is 542. The van der Waals surface area contributed by atoms with E-state index in [1.54, 1.807) is 29.5 Å².